The Morgan fingerprint density at radius 1 is 1.23 bits per heavy atom. The average molecular weight is 319 g/mol. The monoisotopic (exact) mass is 319 g/mol. The number of carbonyl (C=O) groups is 2. The van der Waals surface area contributed by atoms with E-state index in [4.69, 9.17) is 4.74 Å². The SMILES string of the molecule is CCOc1ccc(C(=O)NNC(=O)Cc2csc(C)n2)cc1. The molecular weight excluding hydrogens is 302 g/mol. The number of aryl methyl sites for hydroxylation is 1. The molecule has 0 aliphatic heterocycles. The summed E-state index contributed by atoms with van der Waals surface area (Å²) in [5.41, 5.74) is 5.88. The standard InChI is InChI=1S/C15H17N3O3S/c1-3-21-13-6-4-11(5-7-13)15(20)18-17-14(19)8-12-9-22-10(2)16-12/h4-7,9H,3,8H2,1-2H3,(H,17,19)(H,18,20). The van der Waals surface area contributed by atoms with Gasteiger partial charge >= 0.3 is 0 Å². The fraction of sp³-hybridized carbons (Fsp3) is 0.267. The number of ether oxygens (including phenoxy) is 1. The fourth-order valence-corrected chi connectivity index (χ4v) is 2.38. The zero-order valence-corrected chi connectivity index (χ0v) is 13.2. The van der Waals surface area contributed by atoms with Crippen molar-refractivity contribution in [2.24, 2.45) is 0 Å². The lowest BCUT2D eigenvalue weighted by atomic mass is 10.2. The number of thiazole rings is 1. The zero-order chi connectivity index (χ0) is 15.9. The van der Waals surface area contributed by atoms with Gasteiger partial charge in [0.15, 0.2) is 0 Å². The summed E-state index contributed by atoms with van der Waals surface area (Å²) < 4.78 is 5.30. The van der Waals surface area contributed by atoms with E-state index in [2.05, 4.69) is 15.8 Å². The molecule has 2 rings (SSSR count). The Morgan fingerprint density at radius 3 is 2.55 bits per heavy atom. The molecule has 0 spiro atoms. The van der Waals surface area contributed by atoms with Crippen molar-refractivity contribution in [1.82, 2.24) is 15.8 Å². The highest BCUT2D eigenvalue weighted by atomic mass is 32.1. The van der Waals surface area contributed by atoms with Gasteiger partial charge in [0.05, 0.1) is 23.7 Å². The maximum absolute atomic E-state index is 11.9. The van der Waals surface area contributed by atoms with Crippen LogP contribution in [0.5, 0.6) is 5.75 Å². The zero-order valence-electron chi connectivity index (χ0n) is 12.4. The van der Waals surface area contributed by atoms with Gasteiger partial charge in [0, 0.05) is 10.9 Å². The van der Waals surface area contributed by atoms with Crippen LogP contribution in [0.3, 0.4) is 0 Å². The Bertz CT molecular complexity index is 652. The number of hydrogen-bond acceptors (Lipinski definition) is 5. The Morgan fingerprint density at radius 2 is 1.95 bits per heavy atom. The first-order valence-electron chi connectivity index (χ1n) is 6.81. The number of hydrazine groups is 1. The van der Waals surface area contributed by atoms with Crippen molar-refractivity contribution in [2.45, 2.75) is 20.3 Å². The fourth-order valence-electron chi connectivity index (χ4n) is 1.77. The molecule has 0 atom stereocenters. The van der Waals surface area contributed by atoms with E-state index >= 15 is 0 Å². The molecule has 116 valence electrons. The minimum atomic E-state index is -0.383. The van der Waals surface area contributed by atoms with Crippen LogP contribution in [0.25, 0.3) is 0 Å². The number of nitrogens with one attached hydrogen (secondary N) is 2. The minimum Gasteiger partial charge on any atom is -0.494 e. The maximum atomic E-state index is 11.9. The smallest absolute Gasteiger partial charge is 0.269 e. The third-order valence-corrected chi connectivity index (χ3v) is 3.57. The molecule has 0 fully saturated rings. The number of carbonyl (C=O) groups excluding carboxylic acids is 2. The van der Waals surface area contributed by atoms with Gasteiger partial charge in [0.25, 0.3) is 5.91 Å². The van der Waals surface area contributed by atoms with Gasteiger partial charge in [0.1, 0.15) is 5.75 Å². The van der Waals surface area contributed by atoms with Gasteiger partial charge in [-0.3, -0.25) is 20.4 Å². The molecule has 22 heavy (non-hydrogen) atoms. The topological polar surface area (TPSA) is 80.3 Å². The normalized spacial score (nSPS) is 10.1. The highest BCUT2D eigenvalue weighted by molar-refractivity contribution is 7.09. The van der Waals surface area contributed by atoms with E-state index in [0.29, 0.717) is 23.6 Å². The molecule has 7 heteroatoms. The van der Waals surface area contributed by atoms with Crippen LogP contribution < -0.4 is 15.6 Å². The lowest BCUT2D eigenvalue weighted by Crippen LogP contribution is -2.42. The first-order chi connectivity index (χ1) is 10.6. The Labute approximate surface area is 132 Å². The lowest BCUT2D eigenvalue weighted by Gasteiger charge is -2.07. The van der Waals surface area contributed by atoms with Crippen LogP contribution in [-0.2, 0) is 11.2 Å². The highest BCUT2D eigenvalue weighted by Gasteiger charge is 2.09. The summed E-state index contributed by atoms with van der Waals surface area (Å²) in [6.45, 7) is 4.33. The third-order valence-electron chi connectivity index (χ3n) is 2.75. The van der Waals surface area contributed by atoms with Crippen LogP contribution in [0.1, 0.15) is 28.0 Å². The maximum Gasteiger partial charge on any atom is 0.269 e. The summed E-state index contributed by atoms with van der Waals surface area (Å²) in [5, 5.41) is 2.73. The van der Waals surface area contributed by atoms with Gasteiger partial charge in [0.2, 0.25) is 5.91 Å². The van der Waals surface area contributed by atoms with Crippen LogP contribution in [0.4, 0.5) is 0 Å². The molecular formula is C15H17N3O3S. The number of amides is 2. The van der Waals surface area contributed by atoms with Crippen molar-refractivity contribution in [3.8, 4) is 5.75 Å². The van der Waals surface area contributed by atoms with E-state index in [1.54, 1.807) is 24.3 Å². The van der Waals surface area contributed by atoms with E-state index in [1.807, 2.05) is 19.2 Å². The number of aromatic nitrogens is 1. The average Bonchev–Trinajstić information content (AvgIpc) is 2.91. The van der Waals surface area contributed by atoms with Crippen LogP contribution in [-0.4, -0.2) is 23.4 Å². The van der Waals surface area contributed by atoms with E-state index in [1.165, 1.54) is 11.3 Å². The largest absolute Gasteiger partial charge is 0.494 e. The van der Waals surface area contributed by atoms with E-state index in [9.17, 15) is 9.59 Å². The van der Waals surface area contributed by atoms with Gasteiger partial charge in [-0.2, -0.15) is 0 Å². The van der Waals surface area contributed by atoms with Crippen molar-refractivity contribution in [3.63, 3.8) is 0 Å². The van der Waals surface area contributed by atoms with Crippen LogP contribution in [0.15, 0.2) is 29.6 Å². The minimum absolute atomic E-state index is 0.133. The number of hydrogen-bond donors (Lipinski definition) is 2. The molecule has 2 amide bonds. The van der Waals surface area contributed by atoms with Gasteiger partial charge in [-0.05, 0) is 38.1 Å². The second-order valence-corrected chi connectivity index (χ2v) is 5.56. The molecule has 0 aliphatic rings. The van der Waals surface area contributed by atoms with Crippen LogP contribution in [0.2, 0.25) is 0 Å². The van der Waals surface area contributed by atoms with Gasteiger partial charge in [-0.1, -0.05) is 0 Å². The molecule has 2 N–H and O–H groups in total. The molecule has 0 radical (unpaired) electrons. The molecule has 0 saturated carbocycles. The first-order valence-corrected chi connectivity index (χ1v) is 7.69. The van der Waals surface area contributed by atoms with E-state index in [0.717, 1.165) is 5.01 Å². The van der Waals surface area contributed by atoms with E-state index < -0.39 is 0 Å². The third kappa shape index (κ3) is 4.56. The van der Waals surface area contributed by atoms with Crippen molar-refractivity contribution in [2.75, 3.05) is 6.61 Å². The van der Waals surface area contributed by atoms with Crippen molar-refractivity contribution < 1.29 is 14.3 Å². The molecule has 1 heterocycles. The molecule has 2 aromatic rings. The van der Waals surface area contributed by atoms with Gasteiger partial charge in [-0.25, -0.2) is 4.98 Å². The quantitative estimate of drug-likeness (QED) is 0.824. The predicted octanol–water partition coefficient (Wildman–Crippen LogP) is 1.85. The van der Waals surface area contributed by atoms with Crippen molar-refractivity contribution in [1.29, 1.82) is 0 Å². The predicted molar refractivity (Wildman–Crippen MR) is 83.8 cm³/mol. The Kier molecular flexibility index (Phi) is 5.48. The second kappa shape index (κ2) is 7.56. The molecule has 0 aliphatic carbocycles. The lowest BCUT2D eigenvalue weighted by molar-refractivity contribution is -0.121. The molecule has 0 saturated heterocycles. The number of benzene rings is 1. The first kappa shape index (κ1) is 16.0. The summed E-state index contributed by atoms with van der Waals surface area (Å²) in [5.74, 6) is -0.00238. The van der Waals surface area contributed by atoms with E-state index in [-0.39, 0.29) is 18.2 Å². The molecule has 6 nitrogen and oxygen atoms in total. The van der Waals surface area contributed by atoms with Crippen molar-refractivity contribution in [3.05, 3.63) is 45.9 Å². The van der Waals surface area contributed by atoms with Crippen LogP contribution >= 0.6 is 11.3 Å². The summed E-state index contributed by atoms with van der Waals surface area (Å²) >= 11 is 1.48. The van der Waals surface area contributed by atoms with Crippen molar-refractivity contribution >= 4 is 23.2 Å². The van der Waals surface area contributed by atoms with Crippen LogP contribution in [0, 0.1) is 6.92 Å². The molecule has 0 bridgehead atoms. The summed E-state index contributed by atoms with van der Waals surface area (Å²) in [4.78, 5) is 27.8. The Balaban J connectivity index is 1.82. The van der Waals surface area contributed by atoms with Gasteiger partial charge < -0.3 is 4.74 Å². The van der Waals surface area contributed by atoms with Gasteiger partial charge in [-0.15, -0.1) is 11.3 Å². The highest BCUT2D eigenvalue weighted by Crippen LogP contribution is 2.12. The second-order valence-electron chi connectivity index (χ2n) is 4.49. The molecule has 1 aromatic carbocycles. The molecule has 0 unspecified atom stereocenters. The molecule has 1 aromatic heterocycles. The summed E-state index contributed by atoms with van der Waals surface area (Å²) in [6, 6.07) is 6.68. The number of nitrogens with zero attached hydrogens (tertiary/aromatic N) is 1. The Hall–Kier alpha value is -2.41. The summed E-state index contributed by atoms with van der Waals surface area (Å²) in [6.07, 6.45) is 0.133. The number of rotatable bonds is 5. The summed E-state index contributed by atoms with van der Waals surface area (Å²) in [7, 11) is 0.